The summed E-state index contributed by atoms with van der Waals surface area (Å²) < 4.78 is 5.83. The maximum atomic E-state index is 12.7. The van der Waals surface area contributed by atoms with Crippen LogP contribution >= 0.6 is 0 Å². The van der Waals surface area contributed by atoms with Crippen molar-refractivity contribution in [3.05, 3.63) is 35.8 Å². The Kier molecular flexibility index (Phi) is 7.06. The summed E-state index contributed by atoms with van der Waals surface area (Å²) in [5.41, 5.74) is 1.03. The zero-order valence-corrected chi connectivity index (χ0v) is 16.9. The SMILES string of the molecule is CCCC/N=C1/O/C(=C/C2(C)C=CC(N(CC)CC)=CC2)C(=O)N1CC. The number of carbonyl (C=O) groups is 1. The Bertz CT molecular complexity index is 629. The van der Waals surface area contributed by atoms with E-state index in [9.17, 15) is 4.79 Å². The molecule has 0 saturated carbocycles. The molecule has 1 aliphatic heterocycles. The average molecular weight is 360 g/mol. The van der Waals surface area contributed by atoms with Gasteiger partial charge < -0.3 is 9.64 Å². The molecule has 0 bridgehead atoms. The lowest BCUT2D eigenvalue weighted by Gasteiger charge is -2.29. The lowest BCUT2D eigenvalue weighted by Crippen LogP contribution is -2.30. The maximum Gasteiger partial charge on any atom is 0.300 e. The van der Waals surface area contributed by atoms with Crippen LogP contribution in [0, 0.1) is 5.41 Å². The number of nitrogens with zero attached hydrogens (tertiary/aromatic N) is 3. The molecule has 144 valence electrons. The predicted octanol–water partition coefficient (Wildman–Crippen LogP) is 4.10. The van der Waals surface area contributed by atoms with Gasteiger partial charge in [-0.1, -0.05) is 32.4 Å². The summed E-state index contributed by atoms with van der Waals surface area (Å²) in [5.74, 6) is 0.310. The number of hydrogen-bond donors (Lipinski definition) is 0. The first kappa shape index (κ1) is 20.3. The second-order valence-electron chi connectivity index (χ2n) is 7.02. The first-order chi connectivity index (χ1) is 12.5. The van der Waals surface area contributed by atoms with Gasteiger partial charge in [0.15, 0.2) is 5.76 Å². The van der Waals surface area contributed by atoms with Crippen molar-refractivity contribution in [2.24, 2.45) is 10.4 Å². The summed E-state index contributed by atoms with van der Waals surface area (Å²) in [6.07, 6.45) is 11.4. The normalized spacial score (nSPS) is 25.8. The minimum absolute atomic E-state index is 0.0871. The molecule has 2 rings (SSSR count). The molecule has 0 aromatic carbocycles. The number of unbranched alkanes of at least 4 members (excludes halogenated alkanes) is 1. The van der Waals surface area contributed by atoms with Crippen LogP contribution in [0.5, 0.6) is 0 Å². The van der Waals surface area contributed by atoms with Gasteiger partial charge in [0.2, 0.25) is 0 Å². The topological polar surface area (TPSA) is 45.1 Å². The zero-order chi connectivity index (χ0) is 19.2. The van der Waals surface area contributed by atoms with E-state index in [1.54, 1.807) is 4.90 Å². The van der Waals surface area contributed by atoms with Crippen molar-refractivity contribution in [1.82, 2.24) is 9.80 Å². The Labute approximate surface area is 158 Å². The van der Waals surface area contributed by atoms with E-state index in [1.165, 1.54) is 5.70 Å². The van der Waals surface area contributed by atoms with Gasteiger partial charge in [-0.2, -0.15) is 0 Å². The molecule has 0 N–H and O–H groups in total. The number of allylic oxidation sites excluding steroid dienone is 4. The Morgan fingerprint density at radius 2 is 2.04 bits per heavy atom. The van der Waals surface area contributed by atoms with E-state index in [2.05, 4.69) is 55.8 Å². The second kappa shape index (κ2) is 9.06. The molecule has 0 aromatic heterocycles. The third-order valence-electron chi connectivity index (χ3n) is 4.94. The molecule has 1 fully saturated rings. The molecule has 0 radical (unpaired) electrons. The summed E-state index contributed by atoms with van der Waals surface area (Å²) >= 11 is 0. The molecule has 1 amide bonds. The minimum atomic E-state index is -0.222. The minimum Gasteiger partial charge on any atom is -0.420 e. The highest BCUT2D eigenvalue weighted by molar-refractivity contribution is 6.09. The largest absolute Gasteiger partial charge is 0.420 e. The van der Waals surface area contributed by atoms with Gasteiger partial charge in [-0.05, 0) is 45.8 Å². The van der Waals surface area contributed by atoms with Crippen molar-refractivity contribution in [1.29, 1.82) is 0 Å². The highest BCUT2D eigenvalue weighted by Crippen LogP contribution is 2.34. The molecule has 1 aliphatic carbocycles. The Balaban J connectivity index is 2.15. The maximum absolute atomic E-state index is 12.7. The fourth-order valence-corrected chi connectivity index (χ4v) is 3.20. The molecule has 1 heterocycles. The van der Waals surface area contributed by atoms with Crippen LogP contribution in [0.25, 0.3) is 0 Å². The summed E-state index contributed by atoms with van der Waals surface area (Å²) in [5, 5.41) is 0. The van der Waals surface area contributed by atoms with E-state index in [1.807, 2.05) is 13.0 Å². The Hall–Kier alpha value is -2.04. The molecule has 2 aliphatic rings. The zero-order valence-electron chi connectivity index (χ0n) is 16.9. The van der Waals surface area contributed by atoms with E-state index >= 15 is 0 Å². The van der Waals surface area contributed by atoms with Gasteiger partial charge in [-0.15, -0.1) is 0 Å². The van der Waals surface area contributed by atoms with Crippen molar-refractivity contribution in [3.63, 3.8) is 0 Å². The molecule has 0 spiro atoms. The molecule has 26 heavy (non-hydrogen) atoms. The highest BCUT2D eigenvalue weighted by Gasteiger charge is 2.35. The third kappa shape index (κ3) is 4.57. The standard InChI is InChI=1S/C21H33N3O2/c1-6-10-15-22-20-24(9-4)19(25)18(26-20)16-21(5)13-11-17(12-14-21)23(7-2)8-3/h11-13,16H,6-10,14-15H2,1-5H3/b18-16+,22-20+. The molecular weight excluding hydrogens is 326 g/mol. The first-order valence-electron chi connectivity index (χ1n) is 9.89. The quantitative estimate of drug-likeness (QED) is 0.484. The summed E-state index contributed by atoms with van der Waals surface area (Å²) in [4.78, 5) is 21.1. The van der Waals surface area contributed by atoms with Gasteiger partial charge in [0, 0.05) is 37.3 Å². The van der Waals surface area contributed by atoms with E-state index in [0.717, 1.165) is 32.4 Å². The van der Waals surface area contributed by atoms with E-state index < -0.39 is 0 Å². The highest BCUT2D eigenvalue weighted by atomic mass is 16.5. The average Bonchev–Trinajstić information content (AvgIpc) is 2.92. The molecule has 1 atom stereocenters. The van der Waals surface area contributed by atoms with Gasteiger partial charge in [-0.25, -0.2) is 4.99 Å². The van der Waals surface area contributed by atoms with Crippen molar-refractivity contribution in [2.45, 2.75) is 53.9 Å². The molecule has 1 saturated heterocycles. The molecule has 1 unspecified atom stereocenters. The van der Waals surface area contributed by atoms with Crippen molar-refractivity contribution in [3.8, 4) is 0 Å². The number of rotatable bonds is 8. The van der Waals surface area contributed by atoms with Crippen LogP contribution in [-0.2, 0) is 9.53 Å². The molecule has 5 heteroatoms. The second-order valence-corrected chi connectivity index (χ2v) is 7.02. The lowest BCUT2D eigenvalue weighted by atomic mass is 9.82. The fraction of sp³-hybridized carbons (Fsp3) is 0.619. The van der Waals surface area contributed by atoms with Gasteiger partial charge >= 0.3 is 0 Å². The van der Waals surface area contributed by atoms with E-state index in [0.29, 0.717) is 24.9 Å². The van der Waals surface area contributed by atoms with Crippen LogP contribution < -0.4 is 0 Å². The number of amidine groups is 1. The van der Waals surface area contributed by atoms with E-state index in [-0.39, 0.29) is 11.3 Å². The lowest BCUT2D eigenvalue weighted by molar-refractivity contribution is -0.122. The van der Waals surface area contributed by atoms with Crippen molar-refractivity contribution < 1.29 is 9.53 Å². The van der Waals surface area contributed by atoms with E-state index in [4.69, 9.17) is 4.74 Å². The number of likely N-dealkylation sites (N-methyl/N-ethyl adjacent to an activating group) is 2. The third-order valence-corrected chi connectivity index (χ3v) is 4.94. The number of aliphatic imine (C=N–C) groups is 1. The summed E-state index contributed by atoms with van der Waals surface area (Å²) in [7, 11) is 0. The van der Waals surface area contributed by atoms with Crippen molar-refractivity contribution >= 4 is 11.9 Å². The van der Waals surface area contributed by atoms with Crippen LogP contribution in [0.2, 0.25) is 0 Å². The van der Waals surface area contributed by atoms with Crippen LogP contribution in [0.4, 0.5) is 0 Å². The number of carbonyl (C=O) groups excluding carboxylic acids is 1. The van der Waals surface area contributed by atoms with Gasteiger partial charge in [0.1, 0.15) is 0 Å². The van der Waals surface area contributed by atoms with Crippen LogP contribution in [-0.4, -0.2) is 47.9 Å². The monoisotopic (exact) mass is 359 g/mol. The van der Waals surface area contributed by atoms with Crippen molar-refractivity contribution in [2.75, 3.05) is 26.2 Å². The van der Waals surface area contributed by atoms with Gasteiger partial charge in [-0.3, -0.25) is 9.69 Å². The van der Waals surface area contributed by atoms with Gasteiger partial charge in [0.05, 0.1) is 0 Å². The molecular formula is C21H33N3O2. The molecule has 5 nitrogen and oxygen atoms in total. The molecule has 0 aromatic rings. The summed E-state index contributed by atoms with van der Waals surface area (Å²) in [6.45, 7) is 13.8. The van der Waals surface area contributed by atoms with Gasteiger partial charge in [0.25, 0.3) is 11.9 Å². The number of amides is 1. The van der Waals surface area contributed by atoms with Crippen LogP contribution in [0.1, 0.15) is 53.9 Å². The Morgan fingerprint density at radius 1 is 1.31 bits per heavy atom. The summed E-state index contributed by atoms with van der Waals surface area (Å²) in [6, 6.07) is 0.444. The smallest absolute Gasteiger partial charge is 0.300 e. The predicted molar refractivity (Wildman–Crippen MR) is 107 cm³/mol. The Morgan fingerprint density at radius 3 is 2.58 bits per heavy atom. The van der Waals surface area contributed by atoms with Crippen LogP contribution in [0.3, 0.4) is 0 Å². The fourth-order valence-electron chi connectivity index (χ4n) is 3.20. The number of hydrogen-bond acceptors (Lipinski definition) is 4. The first-order valence-corrected chi connectivity index (χ1v) is 9.89. The van der Waals surface area contributed by atoms with Crippen LogP contribution in [0.15, 0.2) is 40.8 Å². The number of ether oxygens (including phenoxy) is 1.